The molecule has 0 N–H and O–H groups in total. The van der Waals surface area contributed by atoms with Gasteiger partial charge in [-0.2, -0.15) is 0 Å². The molecule has 0 unspecified atom stereocenters. The Balaban J connectivity index is 1.89. The minimum Gasteiger partial charge on any atom is -0.332 e. The Hall–Kier alpha value is -1.87. The van der Waals surface area contributed by atoms with Gasteiger partial charge < -0.3 is 4.90 Å². The summed E-state index contributed by atoms with van der Waals surface area (Å²) in [6.07, 6.45) is 1.85. The molecular formula is C17H15ClFNO. The molecule has 0 saturated carbocycles. The summed E-state index contributed by atoms with van der Waals surface area (Å²) in [5, 5.41) is 0.682. The van der Waals surface area contributed by atoms with E-state index in [1.165, 1.54) is 24.3 Å². The molecule has 21 heavy (non-hydrogen) atoms. The minimum atomic E-state index is -0.337. The SMILES string of the molecule is O=C(c1ccc(F)cc1)N1CCC[C@@H]1c1ccccc1Cl. The maximum atomic E-state index is 13.0. The van der Waals surface area contributed by atoms with Gasteiger partial charge in [-0.05, 0) is 48.7 Å². The number of carbonyl (C=O) groups is 1. The van der Waals surface area contributed by atoms with Crippen molar-refractivity contribution in [1.29, 1.82) is 0 Å². The standard InChI is InChI=1S/C17H15ClFNO/c18-15-5-2-1-4-14(15)16-6-3-11-20(16)17(21)12-7-9-13(19)10-8-12/h1-2,4-5,7-10,16H,3,6,11H2/t16-/m1/s1. The van der Waals surface area contributed by atoms with Gasteiger partial charge in [0.1, 0.15) is 5.82 Å². The van der Waals surface area contributed by atoms with Gasteiger partial charge in [-0.1, -0.05) is 29.8 Å². The van der Waals surface area contributed by atoms with Crippen LogP contribution in [0, 0.1) is 5.82 Å². The lowest BCUT2D eigenvalue weighted by molar-refractivity contribution is 0.0735. The van der Waals surface area contributed by atoms with Gasteiger partial charge in [-0.25, -0.2) is 4.39 Å². The van der Waals surface area contributed by atoms with Gasteiger partial charge in [0.2, 0.25) is 0 Å². The number of nitrogens with zero attached hydrogens (tertiary/aromatic N) is 1. The summed E-state index contributed by atoms with van der Waals surface area (Å²) in [5.74, 6) is -0.409. The third-order valence-electron chi connectivity index (χ3n) is 3.87. The van der Waals surface area contributed by atoms with E-state index in [-0.39, 0.29) is 17.8 Å². The summed E-state index contributed by atoms with van der Waals surface area (Å²) in [4.78, 5) is 14.4. The highest BCUT2D eigenvalue weighted by Crippen LogP contribution is 2.36. The quantitative estimate of drug-likeness (QED) is 0.802. The van der Waals surface area contributed by atoms with Crippen molar-refractivity contribution >= 4 is 17.5 Å². The molecule has 4 heteroatoms. The van der Waals surface area contributed by atoms with Crippen molar-refractivity contribution in [3.63, 3.8) is 0 Å². The molecule has 1 aliphatic heterocycles. The molecule has 2 nitrogen and oxygen atoms in total. The fourth-order valence-electron chi connectivity index (χ4n) is 2.84. The molecule has 1 heterocycles. The van der Waals surface area contributed by atoms with Crippen LogP contribution in [0.4, 0.5) is 4.39 Å². The van der Waals surface area contributed by atoms with Crippen molar-refractivity contribution in [2.75, 3.05) is 6.54 Å². The van der Waals surface area contributed by atoms with Gasteiger partial charge in [-0.3, -0.25) is 4.79 Å². The monoisotopic (exact) mass is 303 g/mol. The number of carbonyl (C=O) groups excluding carboxylic acids is 1. The lowest BCUT2D eigenvalue weighted by Crippen LogP contribution is -2.30. The highest BCUT2D eigenvalue weighted by Gasteiger charge is 2.31. The summed E-state index contributed by atoms with van der Waals surface area (Å²) in [6.45, 7) is 0.700. The van der Waals surface area contributed by atoms with Crippen molar-refractivity contribution < 1.29 is 9.18 Å². The fourth-order valence-corrected chi connectivity index (χ4v) is 3.10. The van der Waals surface area contributed by atoms with E-state index in [0.717, 1.165) is 18.4 Å². The topological polar surface area (TPSA) is 20.3 Å². The van der Waals surface area contributed by atoms with Crippen LogP contribution in [0.5, 0.6) is 0 Å². The molecule has 108 valence electrons. The molecule has 2 aromatic carbocycles. The second kappa shape index (κ2) is 5.86. The van der Waals surface area contributed by atoms with Crippen LogP contribution in [0.2, 0.25) is 5.02 Å². The number of hydrogen-bond acceptors (Lipinski definition) is 1. The van der Waals surface area contributed by atoms with E-state index in [1.807, 2.05) is 29.2 Å². The van der Waals surface area contributed by atoms with Gasteiger partial charge >= 0.3 is 0 Å². The number of rotatable bonds is 2. The summed E-state index contributed by atoms with van der Waals surface area (Å²) in [6, 6.07) is 13.3. The summed E-state index contributed by atoms with van der Waals surface area (Å²) >= 11 is 6.25. The van der Waals surface area contributed by atoms with E-state index >= 15 is 0 Å². The molecule has 0 aromatic heterocycles. The van der Waals surface area contributed by atoms with Crippen molar-refractivity contribution in [1.82, 2.24) is 4.90 Å². The Labute approximate surface area is 128 Å². The van der Waals surface area contributed by atoms with Crippen LogP contribution in [0.1, 0.15) is 34.8 Å². The van der Waals surface area contributed by atoms with Gasteiger partial charge in [0.25, 0.3) is 5.91 Å². The number of amides is 1. The van der Waals surface area contributed by atoms with Gasteiger partial charge in [-0.15, -0.1) is 0 Å². The zero-order valence-electron chi connectivity index (χ0n) is 11.4. The molecule has 1 atom stereocenters. The normalized spacial score (nSPS) is 18.0. The number of benzene rings is 2. The Kier molecular flexibility index (Phi) is 3.93. The van der Waals surface area contributed by atoms with Gasteiger partial charge in [0.15, 0.2) is 0 Å². The molecular weight excluding hydrogens is 289 g/mol. The maximum absolute atomic E-state index is 13.0. The van der Waals surface area contributed by atoms with Crippen LogP contribution < -0.4 is 0 Å². The smallest absolute Gasteiger partial charge is 0.254 e. The Morgan fingerprint density at radius 3 is 2.57 bits per heavy atom. The summed E-state index contributed by atoms with van der Waals surface area (Å²) in [7, 11) is 0. The highest BCUT2D eigenvalue weighted by molar-refractivity contribution is 6.31. The van der Waals surface area contributed by atoms with Crippen LogP contribution in [0.25, 0.3) is 0 Å². The second-order valence-electron chi connectivity index (χ2n) is 5.18. The highest BCUT2D eigenvalue weighted by atomic mass is 35.5. The zero-order chi connectivity index (χ0) is 14.8. The van der Waals surface area contributed by atoms with E-state index in [2.05, 4.69) is 0 Å². The average molecular weight is 304 g/mol. The third-order valence-corrected chi connectivity index (χ3v) is 4.21. The number of likely N-dealkylation sites (tertiary alicyclic amines) is 1. The van der Waals surface area contributed by atoms with E-state index < -0.39 is 0 Å². The van der Waals surface area contributed by atoms with Crippen molar-refractivity contribution in [3.05, 3.63) is 70.5 Å². The fraction of sp³-hybridized carbons (Fsp3) is 0.235. The van der Waals surface area contributed by atoms with Crippen LogP contribution in [-0.4, -0.2) is 17.4 Å². The number of halogens is 2. The minimum absolute atomic E-state index is 0.00347. The molecule has 1 saturated heterocycles. The van der Waals surface area contributed by atoms with Crippen molar-refractivity contribution in [2.45, 2.75) is 18.9 Å². The first-order chi connectivity index (χ1) is 10.2. The predicted octanol–water partition coefficient (Wildman–Crippen LogP) is 4.46. The molecule has 3 rings (SSSR count). The van der Waals surface area contributed by atoms with Crippen molar-refractivity contribution in [3.8, 4) is 0 Å². The van der Waals surface area contributed by atoms with E-state index in [9.17, 15) is 9.18 Å². The molecule has 1 fully saturated rings. The Bertz CT molecular complexity index is 656. The first kappa shape index (κ1) is 14.1. The maximum Gasteiger partial charge on any atom is 0.254 e. The largest absolute Gasteiger partial charge is 0.332 e. The van der Waals surface area contributed by atoms with Gasteiger partial charge in [0.05, 0.1) is 6.04 Å². The first-order valence-corrected chi connectivity index (χ1v) is 7.35. The molecule has 0 spiro atoms. The van der Waals surface area contributed by atoms with Crippen LogP contribution in [0.15, 0.2) is 48.5 Å². The van der Waals surface area contributed by atoms with Crippen LogP contribution in [0.3, 0.4) is 0 Å². The predicted molar refractivity (Wildman–Crippen MR) is 80.9 cm³/mol. The lowest BCUT2D eigenvalue weighted by atomic mass is 10.0. The molecule has 0 radical (unpaired) electrons. The lowest BCUT2D eigenvalue weighted by Gasteiger charge is -2.26. The molecule has 1 amide bonds. The van der Waals surface area contributed by atoms with E-state index in [4.69, 9.17) is 11.6 Å². The average Bonchev–Trinajstić information content (AvgIpc) is 2.97. The van der Waals surface area contributed by atoms with Gasteiger partial charge in [0, 0.05) is 17.1 Å². The first-order valence-electron chi connectivity index (χ1n) is 6.98. The summed E-state index contributed by atoms with van der Waals surface area (Å²) < 4.78 is 13.0. The zero-order valence-corrected chi connectivity index (χ0v) is 12.2. The summed E-state index contributed by atoms with van der Waals surface area (Å²) in [5.41, 5.74) is 1.49. The molecule has 2 aromatic rings. The van der Waals surface area contributed by atoms with E-state index in [1.54, 1.807) is 0 Å². The Morgan fingerprint density at radius 2 is 1.86 bits per heavy atom. The molecule has 0 aliphatic carbocycles. The van der Waals surface area contributed by atoms with Crippen LogP contribution >= 0.6 is 11.6 Å². The van der Waals surface area contributed by atoms with Crippen molar-refractivity contribution in [2.24, 2.45) is 0 Å². The molecule has 1 aliphatic rings. The third kappa shape index (κ3) is 2.79. The van der Waals surface area contributed by atoms with E-state index in [0.29, 0.717) is 17.1 Å². The second-order valence-corrected chi connectivity index (χ2v) is 5.59. The van der Waals surface area contributed by atoms with Crippen LogP contribution in [-0.2, 0) is 0 Å². The molecule has 0 bridgehead atoms. The number of hydrogen-bond donors (Lipinski definition) is 0. The Morgan fingerprint density at radius 1 is 1.14 bits per heavy atom.